The van der Waals surface area contributed by atoms with Gasteiger partial charge in [-0.15, -0.1) is 0 Å². The van der Waals surface area contributed by atoms with E-state index in [1.165, 1.54) is 24.3 Å². The molecule has 0 atom stereocenters. The first kappa shape index (κ1) is 19.5. The number of carbonyl (C=O) groups excluding carboxylic acids is 1. The lowest BCUT2D eigenvalue weighted by atomic mass is 9.93. The highest BCUT2D eigenvalue weighted by Gasteiger charge is 2.22. The Kier molecular flexibility index (Phi) is 5.62. The Morgan fingerprint density at radius 3 is 2.19 bits per heavy atom. The molecule has 0 aliphatic heterocycles. The maximum absolute atomic E-state index is 14.5. The predicted molar refractivity (Wildman–Crippen MR) is 101 cm³/mol. The Bertz CT molecular complexity index is 933. The number of aliphatic hydroxyl groups is 1. The van der Waals surface area contributed by atoms with Gasteiger partial charge in [-0.3, -0.25) is 4.79 Å². The Balaban J connectivity index is 1.74. The van der Waals surface area contributed by atoms with Gasteiger partial charge in [-0.2, -0.15) is 0 Å². The number of halogens is 1. The van der Waals surface area contributed by atoms with Crippen molar-refractivity contribution in [1.29, 1.82) is 0 Å². The number of aliphatic hydroxyl groups excluding tert-OH is 1. The van der Waals surface area contributed by atoms with E-state index in [4.69, 9.17) is 0 Å². The lowest BCUT2D eigenvalue weighted by molar-refractivity contribution is 0.0864. The molecule has 1 fully saturated rings. The fourth-order valence-corrected chi connectivity index (χ4v) is 3.89. The number of rotatable bonds is 4. The molecule has 0 bridgehead atoms. The van der Waals surface area contributed by atoms with Gasteiger partial charge in [0.2, 0.25) is 0 Å². The maximum Gasteiger partial charge on any atom is 0.254 e. The highest BCUT2D eigenvalue weighted by atomic mass is 32.2. The van der Waals surface area contributed by atoms with Crippen LogP contribution in [-0.2, 0) is 9.84 Å². The molecule has 1 saturated carbocycles. The van der Waals surface area contributed by atoms with Crippen LogP contribution in [0, 0.1) is 5.82 Å². The molecule has 1 aliphatic carbocycles. The summed E-state index contributed by atoms with van der Waals surface area (Å²) in [7, 11) is -3.29. The molecule has 2 aromatic rings. The fraction of sp³-hybridized carbons (Fsp3) is 0.350. The molecular weight excluding hydrogens is 369 g/mol. The standard InChI is InChI=1S/C20H22FNO4S/c1-27(25,26)17-9-2-13(3-10-17)14-4-11-18(19(21)12-14)20(24)22-15-5-7-16(23)8-6-15/h2-4,9-12,15-16,23H,5-8H2,1H3,(H,22,24). The van der Waals surface area contributed by atoms with Crippen LogP contribution in [0.15, 0.2) is 47.4 Å². The van der Waals surface area contributed by atoms with Crippen molar-refractivity contribution in [3.63, 3.8) is 0 Å². The summed E-state index contributed by atoms with van der Waals surface area (Å²) in [6.07, 6.45) is 3.44. The minimum Gasteiger partial charge on any atom is -0.393 e. The zero-order valence-electron chi connectivity index (χ0n) is 15.0. The minimum absolute atomic E-state index is 0.0300. The van der Waals surface area contributed by atoms with E-state index in [9.17, 15) is 22.7 Å². The van der Waals surface area contributed by atoms with E-state index in [0.29, 0.717) is 36.8 Å². The van der Waals surface area contributed by atoms with Gasteiger partial charge in [0.15, 0.2) is 9.84 Å². The lowest BCUT2D eigenvalue weighted by Crippen LogP contribution is -2.38. The van der Waals surface area contributed by atoms with Crippen LogP contribution in [0.1, 0.15) is 36.0 Å². The smallest absolute Gasteiger partial charge is 0.254 e. The van der Waals surface area contributed by atoms with Crippen LogP contribution in [0.4, 0.5) is 4.39 Å². The van der Waals surface area contributed by atoms with Crippen LogP contribution < -0.4 is 5.32 Å². The summed E-state index contributed by atoms with van der Waals surface area (Å²) < 4.78 is 37.5. The lowest BCUT2D eigenvalue weighted by Gasteiger charge is -2.26. The van der Waals surface area contributed by atoms with Crippen molar-refractivity contribution in [3.05, 3.63) is 53.8 Å². The van der Waals surface area contributed by atoms with Crippen molar-refractivity contribution in [2.75, 3.05) is 6.26 Å². The van der Waals surface area contributed by atoms with Crippen molar-refractivity contribution in [2.45, 2.75) is 42.7 Å². The SMILES string of the molecule is CS(=O)(=O)c1ccc(-c2ccc(C(=O)NC3CCC(O)CC3)c(F)c2)cc1. The number of hydrogen-bond acceptors (Lipinski definition) is 4. The minimum atomic E-state index is -3.29. The van der Waals surface area contributed by atoms with Crippen molar-refractivity contribution in [3.8, 4) is 11.1 Å². The summed E-state index contributed by atoms with van der Waals surface area (Å²) in [6.45, 7) is 0. The molecule has 2 aromatic carbocycles. The molecular formula is C20H22FNO4S. The quantitative estimate of drug-likeness (QED) is 0.839. The van der Waals surface area contributed by atoms with Crippen LogP contribution in [0.2, 0.25) is 0 Å². The molecule has 0 spiro atoms. The van der Waals surface area contributed by atoms with Crippen molar-refractivity contribution >= 4 is 15.7 Å². The Morgan fingerprint density at radius 1 is 1.04 bits per heavy atom. The molecule has 27 heavy (non-hydrogen) atoms. The summed E-state index contributed by atoms with van der Waals surface area (Å²) in [5.74, 6) is -1.10. The zero-order chi connectivity index (χ0) is 19.6. The molecule has 1 amide bonds. The van der Waals surface area contributed by atoms with Crippen LogP contribution >= 0.6 is 0 Å². The highest BCUT2D eigenvalue weighted by molar-refractivity contribution is 7.90. The number of sulfone groups is 1. The molecule has 2 N–H and O–H groups in total. The van der Waals surface area contributed by atoms with Crippen LogP contribution in [0.5, 0.6) is 0 Å². The van der Waals surface area contributed by atoms with E-state index in [-0.39, 0.29) is 22.6 Å². The number of nitrogens with one attached hydrogen (secondary N) is 1. The summed E-state index contributed by atoms with van der Waals surface area (Å²) in [4.78, 5) is 12.5. The first-order valence-corrected chi connectivity index (χ1v) is 10.7. The van der Waals surface area contributed by atoms with E-state index >= 15 is 0 Å². The van der Waals surface area contributed by atoms with Gasteiger partial charge in [0.1, 0.15) is 5.82 Å². The normalized spacial score (nSPS) is 20.3. The van der Waals surface area contributed by atoms with Crippen molar-refractivity contribution in [1.82, 2.24) is 5.32 Å². The van der Waals surface area contributed by atoms with E-state index < -0.39 is 21.6 Å². The third kappa shape index (κ3) is 4.73. The molecule has 1 aliphatic rings. The van der Waals surface area contributed by atoms with Gasteiger partial charge in [0.25, 0.3) is 5.91 Å². The Hall–Kier alpha value is -2.25. The average molecular weight is 391 g/mol. The van der Waals surface area contributed by atoms with Crippen molar-refractivity contribution in [2.24, 2.45) is 0 Å². The van der Waals surface area contributed by atoms with Gasteiger partial charge < -0.3 is 10.4 Å². The summed E-state index contributed by atoms with van der Waals surface area (Å²) >= 11 is 0. The first-order valence-electron chi connectivity index (χ1n) is 8.83. The molecule has 0 unspecified atom stereocenters. The highest BCUT2D eigenvalue weighted by Crippen LogP contribution is 2.24. The largest absolute Gasteiger partial charge is 0.393 e. The van der Waals surface area contributed by atoms with E-state index in [0.717, 1.165) is 6.26 Å². The third-order valence-electron chi connectivity index (χ3n) is 4.86. The van der Waals surface area contributed by atoms with Gasteiger partial charge >= 0.3 is 0 Å². The van der Waals surface area contributed by atoms with E-state index in [1.54, 1.807) is 18.2 Å². The second kappa shape index (κ2) is 7.78. The maximum atomic E-state index is 14.5. The monoisotopic (exact) mass is 391 g/mol. The molecule has 5 nitrogen and oxygen atoms in total. The molecule has 0 heterocycles. The first-order chi connectivity index (χ1) is 12.7. The Labute approximate surface area is 158 Å². The number of benzene rings is 2. The van der Waals surface area contributed by atoms with Crippen LogP contribution in [0.3, 0.4) is 0 Å². The van der Waals surface area contributed by atoms with E-state index in [1.807, 2.05) is 0 Å². The molecule has 7 heteroatoms. The van der Waals surface area contributed by atoms with Crippen LogP contribution in [0.25, 0.3) is 11.1 Å². The van der Waals surface area contributed by atoms with Gasteiger partial charge in [0.05, 0.1) is 16.6 Å². The third-order valence-corrected chi connectivity index (χ3v) is 5.99. The predicted octanol–water partition coefficient (Wildman–Crippen LogP) is 2.93. The van der Waals surface area contributed by atoms with Crippen molar-refractivity contribution < 1.29 is 22.7 Å². The molecule has 0 aromatic heterocycles. The fourth-order valence-electron chi connectivity index (χ4n) is 3.26. The molecule has 3 rings (SSSR count). The average Bonchev–Trinajstić information content (AvgIpc) is 2.63. The zero-order valence-corrected chi connectivity index (χ0v) is 15.8. The molecule has 144 valence electrons. The summed E-state index contributed by atoms with van der Waals surface area (Å²) in [6, 6.07) is 10.5. The Morgan fingerprint density at radius 2 is 1.63 bits per heavy atom. The van der Waals surface area contributed by atoms with Gasteiger partial charge in [0, 0.05) is 12.3 Å². The van der Waals surface area contributed by atoms with E-state index in [2.05, 4.69) is 5.32 Å². The number of carbonyl (C=O) groups is 1. The second-order valence-corrected chi connectivity index (χ2v) is 8.99. The van der Waals surface area contributed by atoms with Crippen LogP contribution in [-0.4, -0.2) is 37.8 Å². The summed E-state index contributed by atoms with van der Waals surface area (Å²) in [5, 5.41) is 12.3. The molecule has 0 saturated heterocycles. The topological polar surface area (TPSA) is 83.5 Å². The van der Waals surface area contributed by atoms with Gasteiger partial charge in [-0.25, -0.2) is 12.8 Å². The number of hydrogen-bond donors (Lipinski definition) is 2. The summed E-state index contributed by atoms with van der Waals surface area (Å²) in [5.41, 5.74) is 1.19. The second-order valence-electron chi connectivity index (χ2n) is 6.97. The van der Waals surface area contributed by atoms with Gasteiger partial charge in [-0.1, -0.05) is 18.2 Å². The number of amides is 1. The van der Waals surface area contributed by atoms with Gasteiger partial charge in [-0.05, 0) is 61.1 Å². The molecule has 0 radical (unpaired) electrons.